The van der Waals surface area contributed by atoms with E-state index in [9.17, 15) is 9.59 Å². The molecular formula is C21H26Cl2N4O2S. The molecule has 3 amide bonds. The minimum Gasteiger partial charge on any atom is -0.331 e. The lowest BCUT2D eigenvalue weighted by atomic mass is 10.0. The van der Waals surface area contributed by atoms with Crippen LogP contribution in [-0.4, -0.2) is 55.0 Å². The molecule has 1 fully saturated rings. The molecule has 2 heterocycles. The van der Waals surface area contributed by atoms with E-state index >= 15 is 0 Å². The number of carbonyl (C=O) groups is 2. The van der Waals surface area contributed by atoms with Crippen LogP contribution in [0.25, 0.3) is 0 Å². The van der Waals surface area contributed by atoms with Crippen molar-refractivity contribution in [1.29, 1.82) is 0 Å². The van der Waals surface area contributed by atoms with Gasteiger partial charge in [0.25, 0.3) is 5.91 Å². The average Bonchev–Trinajstić information content (AvgIpc) is 3.26. The molecule has 0 radical (unpaired) electrons. The molecule has 0 aliphatic carbocycles. The Kier molecular flexibility index (Phi) is 7.63. The van der Waals surface area contributed by atoms with Crippen molar-refractivity contribution in [2.24, 2.45) is 0 Å². The van der Waals surface area contributed by atoms with E-state index in [0.29, 0.717) is 21.2 Å². The van der Waals surface area contributed by atoms with E-state index < -0.39 is 0 Å². The topological polar surface area (TPSA) is 64.7 Å². The van der Waals surface area contributed by atoms with E-state index in [1.807, 2.05) is 25.4 Å². The minimum absolute atomic E-state index is 0.140. The van der Waals surface area contributed by atoms with Crippen LogP contribution < -0.4 is 10.6 Å². The van der Waals surface area contributed by atoms with Gasteiger partial charge in [0.05, 0.1) is 26.7 Å². The van der Waals surface area contributed by atoms with Crippen LogP contribution in [0.5, 0.6) is 0 Å². The normalized spacial score (nSPS) is 16.2. The zero-order valence-corrected chi connectivity index (χ0v) is 19.6. The molecule has 1 atom stereocenters. The third kappa shape index (κ3) is 5.27. The number of halogens is 2. The van der Waals surface area contributed by atoms with Crippen LogP contribution in [0.3, 0.4) is 0 Å². The van der Waals surface area contributed by atoms with Crippen LogP contribution in [0.2, 0.25) is 10.0 Å². The van der Waals surface area contributed by atoms with Crippen molar-refractivity contribution in [2.45, 2.75) is 31.8 Å². The molecule has 1 saturated heterocycles. The maximum Gasteiger partial charge on any atom is 0.317 e. The third-order valence-corrected chi connectivity index (χ3v) is 7.23. The van der Waals surface area contributed by atoms with Crippen molar-refractivity contribution in [1.82, 2.24) is 15.1 Å². The summed E-state index contributed by atoms with van der Waals surface area (Å²) in [7, 11) is 3.92. The molecule has 0 spiro atoms. The van der Waals surface area contributed by atoms with Crippen molar-refractivity contribution in [2.75, 3.05) is 32.5 Å². The molecule has 6 nitrogen and oxygen atoms in total. The maximum atomic E-state index is 12.7. The van der Waals surface area contributed by atoms with Crippen molar-refractivity contribution in [3.63, 3.8) is 0 Å². The Morgan fingerprint density at radius 2 is 1.90 bits per heavy atom. The van der Waals surface area contributed by atoms with Gasteiger partial charge in [0, 0.05) is 13.1 Å². The molecule has 3 rings (SSSR count). The van der Waals surface area contributed by atoms with Crippen LogP contribution >= 0.6 is 34.5 Å². The summed E-state index contributed by atoms with van der Waals surface area (Å²) in [5.74, 6) is -0.239. The Morgan fingerprint density at radius 1 is 1.20 bits per heavy atom. The second-order valence-corrected chi connectivity index (χ2v) is 9.28. The van der Waals surface area contributed by atoms with E-state index in [1.165, 1.54) is 11.3 Å². The molecule has 2 aromatic rings. The molecule has 162 valence electrons. The van der Waals surface area contributed by atoms with E-state index in [1.54, 1.807) is 23.1 Å². The number of anilines is 1. The van der Waals surface area contributed by atoms with Gasteiger partial charge in [0.15, 0.2) is 0 Å². The number of urea groups is 1. The lowest BCUT2D eigenvalue weighted by Gasteiger charge is -2.35. The number of rotatable bonds is 5. The molecular weight excluding hydrogens is 443 g/mol. The highest BCUT2D eigenvalue weighted by Crippen LogP contribution is 2.36. The van der Waals surface area contributed by atoms with Crippen molar-refractivity contribution in [3.05, 3.63) is 50.1 Å². The smallest absolute Gasteiger partial charge is 0.317 e. The lowest BCUT2D eigenvalue weighted by Crippen LogP contribution is -2.48. The first-order valence-corrected chi connectivity index (χ1v) is 11.5. The summed E-state index contributed by atoms with van der Waals surface area (Å²) in [4.78, 5) is 29.6. The fourth-order valence-electron chi connectivity index (χ4n) is 3.50. The van der Waals surface area contributed by atoms with Crippen molar-refractivity contribution < 1.29 is 9.59 Å². The second kappa shape index (κ2) is 10.0. The van der Waals surface area contributed by atoms with Gasteiger partial charge in [-0.3, -0.25) is 4.79 Å². The Bertz CT molecular complexity index is 899. The highest BCUT2D eigenvalue weighted by Gasteiger charge is 2.26. The van der Waals surface area contributed by atoms with Crippen LogP contribution in [0, 0.1) is 0 Å². The first-order valence-electron chi connectivity index (χ1n) is 9.82. The number of benzene rings is 1. The van der Waals surface area contributed by atoms with Gasteiger partial charge >= 0.3 is 6.03 Å². The predicted octanol–water partition coefficient (Wildman–Crippen LogP) is 5.10. The standard InChI is InChI=1S/C21H26Cl2N4O2S/c1-13(24-21(29)27(3)14-8-10-26(2)11-9-14)15-6-7-16(19(23)18(15)22)25-20(28)17-5-4-12-30-17/h4-7,12-14H,8-11H2,1-3H3,(H,24,29)(H,25,28). The van der Waals surface area contributed by atoms with Gasteiger partial charge in [0.1, 0.15) is 0 Å². The largest absolute Gasteiger partial charge is 0.331 e. The van der Waals surface area contributed by atoms with Gasteiger partial charge in [0.2, 0.25) is 0 Å². The van der Waals surface area contributed by atoms with Crippen LogP contribution in [0.4, 0.5) is 10.5 Å². The highest BCUT2D eigenvalue weighted by molar-refractivity contribution is 7.12. The zero-order chi connectivity index (χ0) is 21.8. The molecule has 2 N–H and O–H groups in total. The van der Waals surface area contributed by atoms with Crippen LogP contribution in [-0.2, 0) is 0 Å². The fraction of sp³-hybridized carbons (Fsp3) is 0.429. The third-order valence-electron chi connectivity index (χ3n) is 5.47. The SMILES string of the molecule is CC(NC(=O)N(C)C1CCN(C)CC1)c1ccc(NC(=O)c2cccs2)c(Cl)c1Cl. The summed E-state index contributed by atoms with van der Waals surface area (Å²) in [5, 5.41) is 8.18. The molecule has 1 aromatic heterocycles. The summed E-state index contributed by atoms with van der Waals surface area (Å²) in [6, 6.07) is 6.78. The second-order valence-electron chi connectivity index (χ2n) is 7.58. The number of likely N-dealkylation sites (tertiary alicyclic amines) is 1. The number of carbonyl (C=O) groups excluding carboxylic acids is 2. The molecule has 9 heteroatoms. The van der Waals surface area contributed by atoms with Gasteiger partial charge in [-0.05, 0) is 63.0 Å². The van der Waals surface area contributed by atoms with Crippen molar-refractivity contribution >= 4 is 52.2 Å². The summed E-state index contributed by atoms with van der Waals surface area (Å²) in [6.07, 6.45) is 1.92. The average molecular weight is 469 g/mol. The number of thiophene rings is 1. The number of hydrogen-bond donors (Lipinski definition) is 2. The Morgan fingerprint density at radius 3 is 2.53 bits per heavy atom. The van der Waals surface area contributed by atoms with Gasteiger partial charge < -0.3 is 20.4 Å². The number of hydrogen-bond acceptors (Lipinski definition) is 4. The Hall–Kier alpha value is -1.80. The van der Waals surface area contributed by atoms with Crippen LogP contribution in [0.15, 0.2) is 29.6 Å². The summed E-state index contributed by atoms with van der Waals surface area (Å²) >= 11 is 14.2. The maximum absolute atomic E-state index is 12.7. The van der Waals surface area contributed by atoms with Gasteiger partial charge in [-0.2, -0.15) is 0 Å². The highest BCUT2D eigenvalue weighted by atomic mass is 35.5. The number of amides is 3. The van der Waals surface area contributed by atoms with E-state index in [4.69, 9.17) is 23.2 Å². The Labute approximate surface area is 191 Å². The zero-order valence-electron chi connectivity index (χ0n) is 17.2. The first-order chi connectivity index (χ1) is 14.3. The first kappa shape index (κ1) is 22.9. The van der Waals surface area contributed by atoms with Gasteiger partial charge in [-0.25, -0.2) is 4.79 Å². The van der Waals surface area contributed by atoms with Crippen molar-refractivity contribution in [3.8, 4) is 0 Å². The molecule has 1 aromatic carbocycles. The Balaban J connectivity index is 1.65. The van der Waals surface area contributed by atoms with Gasteiger partial charge in [-0.15, -0.1) is 11.3 Å². The molecule has 1 aliphatic heterocycles. The van der Waals surface area contributed by atoms with Crippen LogP contribution in [0.1, 0.15) is 41.0 Å². The fourth-order valence-corrected chi connectivity index (χ4v) is 4.67. The predicted molar refractivity (Wildman–Crippen MR) is 124 cm³/mol. The summed E-state index contributed by atoms with van der Waals surface area (Å²) in [5.41, 5.74) is 1.13. The number of nitrogens with zero attached hydrogens (tertiary/aromatic N) is 2. The number of nitrogens with one attached hydrogen (secondary N) is 2. The summed E-state index contributed by atoms with van der Waals surface area (Å²) < 4.78 is 0. The molecule has 0 saturated carbocycles. The van der Waals surface area contributed by atoms with Gasteiger partial charge in [-0.1, -0.05) is 35.3 Å². The molecule has 30 heavy (non-hydrogen) atoms. The lowest BCUT2D eigenvalue weighted by molar-refractivity contribution is 0.103. The van der Waals surface area contributed by atoms with E-state index in [-0.39, 0.29) is 29.0 Å². The molecule has 0 bridgehead atoms. The molecule has 1 aliphatic rings. The van der Waals surface area contributed by atoms with E-state index in [0.717, 1.165) is 25.9 Å². The quantitative estimate of drug-likeness (QED) is 0.640. The van der Waals surface area contributed by atoms with E-state index in [2.05, 4.69) is 22.6 Å². The summed E-state index contributed by atoms with van der Waals surface area (Å²) in [6.45, 7) is 3.83. The minimum atomic E-state index is -0.335. The molecule has 1 unspecified atom stereocenters. The monoisotopic (exact) mass is 468 g/mol. The number of piperidine rings is 1.